The zero-order chi connectivity index (χ0) is 18.7. The zero-order valence-corrected chi connectivity index (χ0v) is 15.2. The minimum absolute atomic E-state index is 0.0478. The Morgan fingerprint density at radius 1 is 1.27 bits per heavy atom. The van der Waals surface area contributed by atoms with Gasteiger partial charge in [0.15, 0.2) is 9.84 Å². The molecule has 1 saturated heterocycles. The number of hydrogen-bond donors (Lipinski definition) is 1. The second kappa shape index (κ2) is 7.36. The van der Waals surface area contributed by atoms with Crippen molar-refractivity contribution in [1.82, 2.24) is 5.32 Å². The Balaban J connectivity index is 1.74. The third kappa shape index (κ3) is 4.34. The number of rotatable bonds is 4. The first-order chi connectivity index (χ1) is 12.4. The van der Waals surface area contributed by atoms with Crippen molar-refractivity contribution in [1.29, 1.82) is 5.26 Å². The molecule has 1 amide bonds. The Morgan fingerprint density at radius 2 is 2.00 bits per heavy atom. The highest BCUT2D eigenvalue weighted by molar-refractivity contribution is 7.91. The Labute approximate surface area is 156 Å². The predicted molar refractivity (Wildman–Crippen MR) is 97.9 cm³/mol. The summed E-state index contributed by atoms with van der Waals surface area (Å²) in [6.45, 7) is 0. The van der Waals surface area contributed by atoms with Crippen LogP contribution in [-0.2, 0) is 14.6 Å². The van der Waals surface area contributed by atoms with Crippen molar-refractivity contribution < 1.29 is 17.6 Å². The lowest BCUT2D eigenvalue weighted by Gasteiger charge is -2.09. The first-order valence-electron chi connectivity index (χ1n) is 7.85. The van der Waals surface area contributed by atoms with E-state index in [1.807, 2.05) is 6.07 Å². The minimum Gasteiger partial charge on any atom is -0.457 e. The van der Waals surface area contributed by atoms with Gasteiger partial charge in [0, 0.05) is 22.7 Å². The molecule has 1 N–H and O–H groups in total. The minimum atomic E-state index is -3.11. The summed E-state index contributed by atoms with van der Waals surface area (Å²) in [5.41, 5.74) is 0.666. The first kappa shape index (κ1) is 18.2. The molecule has 2 aromatic rings. The highest BCUT2D eigenvalue weighted by Crippen LogP contribution is 2.25. The van der Waals surface area contributed by atoms with Gasteiger partial charge in [-0.15, -0.1) is 0 Å². The van der Waals surface area contributed by atoms with Crippen LogP contribution in [0.25, 0.3) is 17.4 Å². The molecule has 0 bridgehead atoms. The van der Waals surface area contributed by atoms with Gasteiger partial charge in [0.25, 0.3) is 5.91 Å². The van der Waals surface area contributed by atoms with Crippen LogP contribution in [-0.4, -0.2) is 31.9 Å². The van der Waals surface area contributed by atoms with Crippen molar-refractivity contribution in [2.75, 3.05) is 11.5 Å². The number of nitrogens with one attached hydrogen (secondary N) is 1. The van der Waals surface area contributed by atoms with E-state index in [1.165, 1.54) is 6.08 Å². The second-order valence-corrected chi connectivity index (χ2v) is 8.62. The monoisotopic (exact) mass is 390 g/mol. The highest BCUT2D eigenvalue weighted by atomic mass is 35.5. The summed E-state index contributed by atoms with van der Waals surface area (Å²) < 4.78 is 28.6. The van der Waals surface area contributed by atoms with E-state index >= 15 is 0 Å². The number of carbonyl (C=O) groups excluding carboxylic acids is 1. The van der Waals surface area contributed by atoms with Crippen LogP contribution in [0.15, 0.2) is 46.4 Å². The number of hydrogen-bond acceptors (Lipinski definition) is 5. The molecule has 0 aliphatic carbocycles. The smallest absolute Gasteiger partial charge is 0.262 e. The zero-order valence-electron chi connectivity index (χ0n) is 13.6. The topological polar surface area (TPSA) is 100 Å². The van der Waals surface area contributed by atoms with Gasteiger partial charge in [-0.25, -0.2) is 8.42 Å². The molecule has 1 fully saturated rings. The summed E-state index contributed by atoms with van der Waals surface area (Å²) in [4.78, 5) is 12.2. The molecular formula is C18H15ClN2O4S. The van der Waals surface area contributed by atoms with Crippen LogP contribution in [0, 0.1) is 11.3 Å². The molecule has 0 spiro atoms. The van der Waals surface area contributed by atoms with E-state index in [0.29, 0.717) is 23.0 Å². The van der Waals surface area contributed by atoms with Gasteiger partial charge >= 0.3 is 0 Å². The molecule has 0 radical (unpaired) electrons. The number of amides is 1. The SMILES string of the molecule is N#C/C(=C\c1ccc(-c2ccc(Cl)cc2)o1)C(=O)NC1CCS(=O)(=O)C1. The van der Waals surface area contributed by atoms with Crippen LogP contribution in [0.4, 0.5) is 0 Å². The maximum Gasteiger partial charge on any atom is 0.262 e. The predicted octanol–water partition coefficient (Wildman–Crippen LogP) is 2.81. The summed E-state index contributed by atoms with van der Waals surface area (Å²) in [5, 5.41) is 12.4. The molecule has 6 nitrogen and oxygen atoms in total. The van der Waals surface area contributed by atoms with Gasteiger partial charge in [0.05, 0.1) is 11.5 Å². The van der Waals surface area contributed by atoms with E-state index in [9.17, 15) is 18.5 Å². The third-order valence-electron chi connectivity index (χ3n) is 3.97. The lowest BCUT2D eigenvalue weighted by atomic mass is 10.2. The Morgan fingerprint density at radius 3 is 2.62 bits per heavy atom. The highest BCUT2D eigenvalue weighted by Gasteiger charge is 2.29. The van der Waals surface area contributed by atoms with E-state index in [2.05, 4.69) is 5.32 Å². The second-order valence-electron chi connectivity index (χ2n) is 5.95. The number of benzene rings is 1. The van der Waals surface area contributed by atoms with Gasteiger partial charge in [-0.1, -0.05) is 11.6 Å². The van der Waals surface area contributed by atoms with Crippen LogP contribution in [0.1, 0.15) is 12.2 Å². The van der Waals surface area contributed by atoms with Gasteiger partial charge < -0.3 is 9.73 Å². The van der Waals surface area contributed by atoms with E-state index in [1.54, 1.807) is 36.4 Å². The maximum absolute atomic E-state index is 12.2. The lowest BCUT2D eigenvalue weighted by molar-refractivity contribution is -0.117. The van der Waals surface area contributed by atoms with Crippen molar-refractivity contribution in [3.63, 3.8) is 0 Å². The van der Waals surface area contributed by atoms with E-state index < -0.39 is 21.8 Å². The molecule has 26 heavy (non-hydrogen) atoms. The van der Waals surface area contributed by atoms with Gasteiger partial charge in [0.2, 0.25) is 0 Å². The molecule has 1 aromatic heterocycles. The summed E-state index contributed by atoms with van der Waals surface area (Å²) in [7, 11) is -3.11. The maximum atomic E-state index is 12.2. The molecule has 1 aliphatic rings. The third-order valence-corrected chi connectivity index (χ3v) is 5.99. The van der Waals surface area contributed by atoms with Crippen LogP contribution < -0.4 is 5.32 Å². The molecule has 2 heterocycles. The number of halogens is 1. The molecule has 1 atom stereocenters. The number of furan rings is 1. The number of sulfone groups is 1. The Hall–Kier alpha value is -2.56. The fourth-order valence-electron chi connectivity index (χ4n) is 2.66. The number of nitrogens with zero attached hydrogens (tertiary/aromatic N) is 1. The summed E-state index contributed by atoms with van der Waals surface area (Å²) >= 11 is 5.86. The fraction of sp³-hybridized carbons (Fsp3) is 0.222. The van der Waals surface area contributed by atoms with Gasteiger partial charge in [0.1, 0.15) is 23.2 Å². The molecule has 134 valence electrons. The molecular weight excluding hydrogens is 376 g/mol. The van der Waals surface area contributed by atoms with Crippen molar-refractivity contribution in [3.8, 4) is 17.4 Å². The van der Waals surface area contributed by atoms with Crippen molar-refractivity contribution >= 4 is 33.4 Å². The van der Waals surface area contributed by atoms with Crippen molar-refractivity contribution in [3.05, 3.63) is 52.8 Å². The standard InChI is InChI=1S/C18H15ClN2O4S/c19-14-3-1-12(2-4-14)17-6-5-16(25-17)9-13(10-20)18(22)21-15-7-8-26(23,24)11-15/h1-6,9,15H,7-8,11H2,(H,21,22)/b13-9+. The Bertz CT molecular complexity index is 1000. The molecule has 1 aromatic carbocycles. The van der Waals surface area contributed by atoms with Gasteiger partial charge in [-0.3, -0.25) is 4.79 Å². The van der Waals surface area contributed by atoms with Crippen molar-refractivity contribution in [2.45, 2.75) is 12.5 Å². The Kier molecular flexibility index (Phi) is 5.16. The van der Waals surface area contributed by atoms with Crippen LogP contribution in [0.3, 0.4) is 0 Å². The van der Waals surface area contributed by atoms with Gasteiger partial charge in [-0.05, 0) is 42.8 Å². The number of carbonyl (C=O) groups is 1. The average Bonchev–Trinajstić information content (AvgIpc) is 3.19. The van der Waals surface area contributed by atoms with Crippen LogP contribution >= 0.6 is 11.6 Å². The fourth-order valence-corrected chi connectivity index (χ4v) is 4.46. The molecule has 1 aliphatic heterocycles. The quantitative estimate of drug-likeness (QED) is 0.639. The molecule has 3 rings (SSSR count). The average molecular weight is 391 g/mol. The largest absolute Gasteiger partial charge is 0.457 e. The first-order valence-corrected chi connectivity index (χ1v) is 10.0. The molecule has 8 heteroatoms. The van der Waals surface area contributed by atoms with Crippen LogP contribution in [0.2, 0.25) is 5.02 Å². The lowest BCUT2D eigenvalue weighted by Crippen LogP contribution is -2.36. The van der Waals surface area contributed by atoms with E-state index in [4.69, 9.17) is 16.0 Å². The van der Waals surface area contributed by atoms with Crippen LogP contribution in [0.5, 0.6) is 0 Å². The normalized spacial score (nSPS) is 19.1. The summed E-state index contributed by atoms with van der Waals surface area (Å²) in [6.07, 6.45) is 1.69. The molecule has 0 saturated carbocycles. The molecule has 1 unspecified atom stereocenters. The van der Waals surface area contributed by atoms with Crippen molar-refractivity contribution in [2.24, 2.45) is 0 Å². The van der Waals surface area contributed by atoms with E-state index in [0.717, 1.165) is 5.56 Å². The summed E-state index contributed by atoms with van der Waals surface area (Å²) in [6, 6.07) is 11.8. The number of nitriles is 1. The van der Waals surface area contributed by atoms with Gasteiger partial charge in [-0.2, -0.15) is 5.26 Å². The van der Waals surface area contributed by atoms with E-state index in [-0.39, 0.29) is 17.1 Å². The summed E-state index contributed by atoms with van der Waals surface area (Å²) in [5.74, 6) is 0.262.